The summed E-state index contributed by atoms with van der Waals surface area (Å²) in [5.41, 5.74) is -2.44. The summed E-state index contributed by atoms with van der Waals surface area (Å²) in [6.07, 6.45) is 0. The minimum absolute atomic E-state index is 0.0161. The Morgan fingerprint density at radius 3 is 2.35 bits per heavy atom. The molecule has 9 heteroatoms. The molecule has 0 aromatic heterocycles. The first-order valence-corrected chi connectivity index (χ1v) is 6.51. The molecule has 0 amide bonds. The van der Waals surface area contributed by atoms with E-state index in [0.717, 1.165) is 0 Å². The average molecular weight is 288 g/mol. The van der Waals surface area contributed by atoms with Crippen molar-refractivity contribution in [3.63, 3.8) is 0 Å². The van der Waals surface area contributed by atoms with Crippen molar-refractivity contribution in [3.05, 3.63) is 0 Å². The van der Waals surface area contributed by atoms with Crippen molar-refractivity contribution in [2.45, 2.75) is 28.7 Å². The highest BCUT2D eigenvalue weighted by Gasteiger charge is 2.95. The fraction of sp³-hybridized carbons (Fsp3) is 1.00. The predicted octanol–water partition coefficient (Wildman–Crippen LogP) is -2.66. The lowest BCUT2D eigenvalue weighted by atomic mass is 9.81. The van der Waals surface area contributed by atoms with Gasteiger partial charge in [-0.1, -0.05) is 0 Å². The molecule has 9 nitrogen and oxygen atoms in total. The zero-order valence-corrected chi connectivity index (χ0v) is 10.5. The molecule has 5 unspecified atom stereocenters. The number of morpholine rings is 1. The van der Waals surface area contributed by atoms with Crippen LogP contribution in [0.4, 0.5) is 0 Å². The van der Waals surface area contributed by atoms with E-state index in [0.29, 0.717) is 0 Å². The Labute approximate surface area is 113 Å². The van der Waals surface area contributed by atoms with E-state index in [-0.39, 0.29) is 26.4 Å². The summed E-state index contributed by atoms with van der Waals surface area (Å²) >= 11 is 0. The Morgan fingerprint density at radius 2 is 1.65 bits per heavy atom. The molecule has 5 atom stereocenters. The van der Waals surface area contributed by atoms with Crippen molar-refractivity contribution in [1.29, 1.82) is 0 Å². The van der Waals surface area contributed by atoms with E-state index in [1.807, 2.05) is 0 Å². The van der Waals surface area contributed by atoms with Gasteiger partial charge in [-0.2, -0.15) is 4.90 Å². The normalized spacial score (nSPS) is 62.5. The van der Waals surface area contributed by atoms with Crippen LogP contribution in [0.3, 0.4) is 0 Å². The van der Waals surface area contributed by atoms with Gasteiger partial charge in [-0.25, -0.2) is 5.11 Å². The molecule has 5 heterocycles. The van der Waals surface area contributed by atoms with Gasteiger partial charge in [-0.05, 0) is 0 Å². The summed E-state index contributed by atoms with van der Waals surface area (Å²) in [6.45, 7) is -1.40. The number of hydrogen-bond acceptors (Lipinski definition) is 8. The Hall–Kier alpha value is -0.360. The van der Waals surface area contributed by atoms with Crippen LogP contribution in [0.1, 0.15) is 0 Å². The number of nitrogens with zero attached hydrogens (tertiary/aromatic N) is 1. The number of aliphatic hydroxyl groups is 2. The van der Waals surface area contributed by atoms with Crippen LogP contribution < -0.4 is 0 Å². The van der Waals surface area contributed by atoms with E-state index in [4.69, 9.17) is 23.7 Å². The molecule has 2 spiro atoms. The lowest BCUT2D eigenvalue weighted by Crippen LogP contribution is -2.77. The van der Waals surface area contributed by atoms with Gasteiger partial charge in [0.05, 0.1) is 19.8 Å². The van der Waals surface area contributed by atoms with Crippen molar-refractivity contribution in [1.82, 2.24) is 4.90 Å². The molecule has 5 saturated heterocycles. The van der Waals surface area contributed by atoms with Crippen molar-refractivity contribution < 1.29 is 39.0 Å². The van der Waals surface area contributed by atoms with Gasteiger partial charge < -0.3 is 29.2 Å². The van der Waals surface area contributed by atoms with Gasteiger partial charge in [0.1, 0.15) is 13.2 Å². The van der Waals surface area contributed by atoms with Crippen LogP contribution in [0.25, 0.3) is 0 Å². The lowest BCUT2D eigenvalue weighted by molar-refractivity contribution is -0.320. The maximum Gasteiger partial charge on any atom is 0.264 e. The van der Waals surface area contributed by atoms with E-state index >= 15 is 0 Å². The number of hydrogen-bond donors (Lipinski definition) is 2. The van der Waals surface area contributed by atoms with Gasteiger partial charge in [0, 0.05) is 0 Å². The van der Waals surface area contributed by atoms with Crippen LogP contribution in [0, 0.1) is 0 Å². The van der Waals surface area contributed by atoms with Crippen LogP contribution in [0.15, 0.2) is 0 Å². The van der Waals surface area contributed by atoms with Crippen LogP contribution in [0.2, 0.25) is 0 Å². The molecule has 20 heavy (non-hydrogen) atoms. The highest BCUT2D eigenvalue weighted by Crippen LogP contribution is 2.71. The van der Waals surface area contributed by atoms with Crippen molar-refractivity contribution in [2.24, 2.45) is 0 Å². The summed E-state index contributed by atoms with van der Waals surface area (Å²) in [6, 6.07) is 0. The minimum atomic E-state index is -1.60. The third-order valence-electron chi connectivity index (χ3n) is 5.24. The second kappa shape index (κ2) is 3.05. The van der Waals surface area contributed by atoms with Crippen LogP contribution in [0.5, 0.6) is 0 Å². The molecule has 5 aliphatic rings. The predicted molar refractivity (Wildman–Crippen MR) is 55.2 cm³/mol. The molecule has 5 rings (SSSR count). The van der Waals surface area contributed by atoms with E-state index in [2.05, 4.69) is 0 Å². The molecule has 111 valence electrons. The first-order valence-electron chi connectivity index (χ1n) is 6.51. The molecular formula is C11H14NO8. The van der Waals surface area contributed by atoms with Gasteiger partial charge in [0.2, 0.25) is 11.6 Å². The summed E-state index contributed by atoms with van der Waals surface area (Å²) in [5, 5.41) is 31.6. The molecule has 5 aliphatic heterocycles. The first-order chi connectivity index (χ1) is 9.58. The molecule has 0 aromatic carbocycles. The Morgan fingerprint density at radius 1 is 0.950 bits per heavy atom. The second-order valence-electron chi connectivity index (χ2n) is 5.89. The van der Waals surface area contributed by atoms with Crippen molar-refractivity contribution in [2.75, 3.05) is 39.6 Å². The lowest BCUT2D eigenvalue weighted by Gasteiger charge is -2.50. The summed E-state index contributed by atoms with van der Waals surface area (Å²) < 4.78 is 28.7. The SMILES string of the molecule is [O]CC12OCC3(OCC45OCC(CO)(O4)N1C53CO)O2. The molecule has 2 N–H and O–H groups in total. The van der Waals surface area contributed by atoms with Gasteiger partial charge in [0.15, 0.2) is 17.9 Å². The Balaban J connectivity index is 1.80. The van der Waals surface area contributed by atoms with Gasteiger partial charge >= 0.3 is 0 Å². The van der Waals surface area contributed by atoms with E-state index in [1.54, 1.807) is 0 Å². The molecule has 4 bridgehead atoms. The summed E-state index contributed by atoms with van der Waals surface area (Å²) in [4.78, 5) is 1.51. The summed E-state index contributed by atoms with van der Waals surface area (Å²) in [5.74, 6) is -4.15. The highest BCUT2D eigenvalue weighted by molar-refractivity contribution is 5.32. The molecule has 1 radical (unpaired) electrons. The average Bonchev–Trinajstić information content (AvgIpc) is 3.22. The van der Waals surface area contributed by atoms with Crippen molar-refractivity contribution in [3.8, 4) is 0 Å². The van der Waals surface area contributed by atoms with Crippen LogP contribution in [-0.2, 0) is 28.8 Å². The fourth-order valence-corrected chi connectivity index (χ4v) is 4.52. The van der Waals surface area contributed by atoms with Gasteiger partial charge in [-0.3, -0.25) is 4.74 Å². The maximum absolute atomic E-state index is 11.7. The Kier molecular flexibility index (Phi) is 1.86. The highest BCUT2D eigenvalue weighted by atomic mass is 16.9. The van der Waals surface area contributed by atoms with Gasteiger partial charge in [0.25, 0.3) is 5.91 Å². The smallest absolute Gasteiger partial charge is 0.264 e. The van der Waals surface area contributed by atoms with E-state index in [1.165, 1.54) is 4.90 Å². The topological polar surface area (TPSA) is 110 Å². The van der Waals surface area contributed by atoms with E-state index in [9.17, 15) is 15.3 Å². The second-order valence-corrected chi connectivity index (χ2v) is 5.89. The third-order valence-corrected chi connectivity index (χ3v) is 5.24. The van der Waals surface area contributed by atoms with Gasteiger partial charge in [-0.15, -0.1) is 0 Å². The number of rotatable bonds is 3. The minimum Gasteiger partial charge on any atom is -0.394 e. The zero-order valence-electron chi connectivity index (χ0n) is 10.5. The van der Waals surface area contributed by atoms with E-state index < -0.39 is 42.0 Å². The molecule has 0 aromatic rings. The van der Waals surface area contributed by atoms with Crippen LogP contribution >= 0.6 is 0 Å². The quantitative estimate of drug-likeness (QED) is 0.579. The third kappa shape index (κ3) is 0.810. The molecule has 0 aliphatic carbocycles. The first kappa shape index (κ1) is 12.2. The standard InChI is InChI=1S/C11H14NO8/c13-1-7-4-16-9(19-7)5-17-10-6-18-11(3-15,20-10)12(7)8(9,10)2-14/h13-14H,1-6H2. The maximum atomic E-state index is 11.7. The Bertz CT molecular complexity index is 465. The fourth-order valence-electron chi connectivity index (χ4n) is 4.52. The molecule has 5 fully saturated rings. The largest absolute Gasteiger partial charge is 0.394 e. The molecular weight excluding hydrogens is 274 g/mol. The molecule has 0 saturated carbocycles. The number of aliphatic hydroxyl groups excluding tert-OH is 2. The van der Waals surface area contributed by atoms with Crippen LogP contribution in [-0.4, -0.2) is 83.5 Å². The number of fused-ring (bicyclic) bond motifs is 4. The van der Waals surface area contributed by atoms with Crippen molar-refractivity contribution >= 4 is 0 Å². The monoisotopic (exact) mass is 288 g/mol. The number of ether oxygens (including phenoxy) is 5. The summed E-state index contributed by atoms with van der Waals surface area (Å²) in [7, 11) is 0. The zero-order chi connectivity index (χ0) is 13.9.